The predicted octanol–water partition coefficient (Wildman–Crippen LogP) is 1.09. The van der Waals surface area contributed by atoms with Gasteiger partial charge in [0.25, 0.3) is 0 Å². The summed E-state index contributed by atoms with van der Waals surface area (Å²) in [6, 6.07) is 0. The van der Waals surface area contributed by atoms with Crippen LogP contribution in [0.2, 0.25) is 0 Å². The first kappa shape index (κ1) is 8.63. The maximum atomic E-state index is 10.9. The van der Waals surface area contributed by atoms with Crippen LogP contribution in [0.15, 0.2) is 0 Å². The largest absolute Gasteiger partial charge is 0.319 e. The third-order valence-electron chi connectivity index (χ3n) is 1.69. The SMILES string of the molecule is CCC(=O)C(C)(N)CC. The normalized spacial score (nSPS) is 16.9. The average Bonchev–Trinajstić information content (AvgIpc) is 1.86. The Hall–Kier alpha value is -0.370. The maximum absolute atomic E-state index is 10.9. The highest BCUT2D eigenvalue weighted by atomic mass is 16.1. The summed E-state index contributed by atoms with van der Waals surface area (Å²) in [5, 5.41) is 0. The highest BCUT2D eigenvalue weighted by Gasteiger charge is 2.23. The maximum Gasteiger partial charge on any atom is 0.152 e. The predicted molar refractivity (Wildman–Crippen MR) is 38.2 cm³/mol. The van der Waals surface area contributed by atoms with Crippen LogP contribution in [-0.2, 0) is 4.79 Å². The van der Waals surface area contributed by atoms with Crippen LogP contribution in [0, 0.1) is 0 Å². The molecule has 9 heavy (non-hydrogen) atoms. The summed E-state index contributed by atoms with van der Waals surface area (Å²) < 4.78 is 0. The lowest BCUT2D eigenvalue weighted by Crippen LogP contribution is -2.43. The van der Waals surface area contributed by atoms with Crippen molar-refractivity contribution >= 4 is 5.78 Å². The van der Waals surface area contributed by atoms with Gasteiger partial charge in [-0.1, -0.05) is 13.8 Å². The van der Waals surface area contributed by atoms with Crippen molar-refractivity contribution in [3.05, 3.63) is 0 Å². The number of rotatable bonds is 3. The summed E-state index contributed by atoms with van der Waals surface area (Å²) in [4.78, 5) is 10.9. The van der Waals surface area contributed by atoms with Gasteiger partial charge in [-0.15, -0.1) is 0 Å². The van der Waals surface area contributed by atoms with Gasteiger partial charge < -0.3 is 5.73 Å². The molecule has 0 aromatic rings. The second kappa shape index (κ2) is 2.97. The highest BCUT2D eigenvalue weighted by molar-refractivity contribution is 5.87. The molecule has 0 aromatic carbocycles. The Bertz CT molecular complexity index is 107. The van der Waals surface area contributed by atoms with E-state index in [0.717, 1.165) is 6.42 Å². The molecule has 0 bridgehead atoms. The van der Waals surface area contributed by atoms with E-state index in [1.807, 2.05) is 13.8 Å². The number of carbonyl (C=O) groups is 1. The molecular formula is C7H15NO. The van der Waals surface area contributed by atoms with Gasteiger partial charge in [0, 0.05) is 6.42 Å². The Morgan fingerprint density at radius 1 is 1.56 bits per heavy atom. The first-order valence-corrected chi connectivity index (χ1v) is 3.36. The van der Waals surface area contributed by atoms with Crippen LogP contribution < -0.4 is 5.73 Å². The molecule has 1 unspecified atom stereocenters. The van der Waals surface area contributed by atoms with Gasteiger partial charge in [0.2, 0.25) is 0 Å². The molecule has 0 rings (SSSR count). The van der Waals surface area contributed by atoms with E-state index in [1.54, 1.807) is 6.92 Å². The van der Waals surface area contributed by atoms with E-state index in [4.69, 9.17) is 5.73 Å². The molecule has 0 aliphatic rings. The molecule has 0 amide bonds. The average molecular weight is 129 g/mol. The second-order valence-electron chi connectivity index (χ2n) is 2.55. The fourth-order valence-corrected chi connectivity index (χ4v) is 0.601. The topological polar surface area (TPSA) is 43.1 Å². The van der Waals surface area contributed by atoms with E-state index in [2.05, 4.69) is 0 Å². The molecule has 0 radical (unpaired) electrons. The van der Waals surface area contributed by atoms with Crippen molar-refractivity contribution in [3.63, 3.8) is 0 Å². The minimum atomic E-state index is -0.589. The number of carbonyl (C=O) groups excluding carboxylic acids is 1. The molecule has 2 nitrogen and oxygen atoms in total. The lowest BCUT2D eigenvalue weighted by Gasteiger charge is -2.19. The Labute approximate surface area is 56.4 Å². The van der Waals surface area contributed by atoms with Crippen molar-refractivity contribution in [3.8, 4) is 0 Å². The van der Waals surface area contributed by atoms with Gasteiger partial charge in [-0.05, 0) is 13.3 Å². The molecule has 0 saturated carbocycles. The van der Waals surface area contributed by atoms with E-state index in [0.29, 0.717) is 6.42 Å². The number of ketones is 1. The quantitative estimate of drug-likeness (QED) is 0.620. The standard InChI is InChI=1S/C7H15NO/c1-4-6(9)7(3,8)5-2/h4-5,8H2,1-3H3. The summed E-state index contributed by atoms with van der Waals surface area (Å²) >= 11 is 0. The van der Waals surface area contributed by atoms with Gasteiger partial charge in [0.05, 0.1) is 5.54 Å². The zero-order chi connectivity index (χ0) is 7.49. The molecule has 0 spiro atoms. The Morgan fingerprint density at radius 3 is 2.11 bits per heavy atom. The van der Waals surface area contributed by atoms with Crippen molar-refractivity contribution in [2.75, 3.05) is 0 Å². The van der Waals surface area contributed by atoms with E-state index in [-0.39, 0.29) is 5.78 Å². The zero-order valence-corrected chi connectivity index (χ0v) is 6.40. The van der Waals surface area contributed by atoms with Crippen LogP contribution in [0.3, 0.4) is 0 Å². The summed E-state index contributed by atoms with van der Waals surface area (Å²) in [6.07, 6.45) is 1.26. The summed E-state index contributed by atoms with van der Waals surface area (Å²) in [7, 11) is 0. The van der Waals surface area contributed by atoms with E-state index in [9.17, 15) is 4.79 Å². The molecule has 0 heterocycles. The first-order chi connectivity index (χ1) is 4.04. The Kier molecular flexibility index (Phi) is 2.85. The van der Waals surface area contributed by atoms with Crippen molar-refractivity contribution in [1.29, 1.82) is 0 Å². The number of hydrogen-bond donors (Lipinski definition) is 1. The van der Waals surface area contributed by atoms with Crippen molar-refractivity contribution in [2.45, 2.75) is 39.2 Å². The summed E-state index contributed by atoms with van der Waals surface area (Å²) in [5.41, 5.74) is 5.03. The molecule has 2 heteroatoms. The molecule has 0 saturated heterocycles. The number of hydrogen-bond acceptors (Lipinski definition) is 2. The van der Waals surface area contributed by atoms with Crippen LogP contribution in [0.5, 0.6) is 0 Å². The third-order valence-corrected chi connectivity index (χ3v) is 1.69. The van der Waals surface area contributed by atoms with Crippen LogP contribution in [0.1, 0.15) is 33.6 Å². The van der Waals surface area contributed by atoms with Crippen molar-refractivity contribution < 1.29 is 4.79 Å². The third kappa shape index (κ3) is 2.14. The minimum Gasteiger partial charge on any atom is -0.319 e. The fourth-order valence-electron chi connectivity index (χ4n) is 0.601. The molecule has 0 aromatic heterocycles. The lowest BCUT2D eigenvalue weighted by molar-refractivity contribution is -0.123. The van der Waals surface area contributed by atoms with E-state index < -0.39 is 5.54 Å². The first-order valence-electron chi connectivity index (χ1n) is 3.36. The van der Waals surface area contributed by atoms with Gasteiger partial charge in [-0.2, -0.15) is 0 Å². The Morgan fingerprint density at radius 2 is 2.00 bits per heavy atom. The van der Waals surface area contributed by atoms with Gasteiger partial charge in [0.1, 0.15) is 0 Å². The molecule has 1 atom stereocenters. The highest BCUT2D eigenvalue weighted by Crippen LogP contribution is 2.07. The lowest BCUT2D eigenvalue weighted by atomic mass is 9.93. The van der Waals surface area contributed by atoms with E-state index >= 15 is 0 Å². The second-order valence-corrected chi connectivity index (χ2v) is 2.55. The molecular weight excluding hydrogens is 114 g/mol. The van der Waals surface area contributed by atoms with Crippen LogP contribution in [0.4, 0.5) is 0 Å². The van der Waals surface area contributed by atoms with Gasteiger partial charge in [-0.25, -0.2) is 0 Å². The monoisotopic (exact) mass is 129 g/mol. The zero-order valence-electron chi connectivity index (χ0n) is 6.40. The Balaban J connectivity index is 3.97. The van der Waals surface area contributed by atoms with Crippen molar-refractivity contribution in [1.82, 2.24) is 0 Å². The molecule has 2 N–H and O–H groups in total. The van der Waals surface area contributed by atoms with Gasteiger partial charge >= 0.3 is 0 Å². The molecule has 0 fully saturated rings. The fraction of sp³-hybridized carbons (Fsp3) is 0.857. The van der Waals surface area contributed by atoms with Gasteiger partial charge in [0.15, 0.2) is 5.78 Å². The van der Waals surface area contributed by atoms with E-state index in [1.165, 1.54) is 0 Å². The van der Waals surface area contributed by atoms with Crippen molar-refractivity contribution in [2.24, 2.45) is 5.73 Å². The van der Waals surface area contributed by atoms with Crippen LogP contribution >= 0.6 is 0 Å². The number of Topliss-reactive ketones (excluding diaryl/α,β-unsaturated/α-hetero) is 1. The molecule has 0 aliphatic heterocycles. The van der Waals surface area contributed by atoms with Crippen LogP contribution in [0.25, 0.3) is 0 Å². The minimum absolute atomic E-state index is 0.144. The molecule has 0 aliphatic carbocycles. The summed E-state index contributed by atoms with van der Waals surface area (Å²) in [6.45, 7) is 5.54. The smallest absolute Gasteiger partial charge is 0.152 e. The number of nitrogens with two attached hydrogens (primary N) is 1. The summed E-state index contributed by atoms with van der Waals surface area (Å²) in [5.74, 6) is 0.144. The molecule has 54 valence electrons. The van der Waals surface area contributed by atoms with Crippen LogP contribution in [-0.4, -0.2) is 11.3 Å². The van der Waals surface area contributed by atoms with Gasteiger partial charge in [-0.3, -0.25) is 4.79 Å².